The van der Waals surface area contributed by atoms with Crippen LogP contribution in [0.5, 0.6) is 0 Å². The first-order chi connectivity index (χ1) is 13.9. The van der Waals surface area contributed by atoms with E-state index >= 15 is 0 Å². The van der Waals surface area contributed by atoms with Crippen LogP contribution in [0.4, 0.5) is 0 Å². The summed E-state index contributed by atoms with van der Waals surface area (Å²) in [4.78, 5) is 37.1. The number of aliphatic hydroxyl groups is 1. The highest BCUT2D eigenvalue weighted by Crippen LogP contribution is 2.33. The summed E-state index contributed by atoms with van der Waals surface area (Å²) in [5.74, 6) is -1.16. The molecule has 0 spiro atoms. The van der Waals surface area contributed by atoms with Gasteiger partial charge in [-0.1, -0.05) is 41.4 Å². The second-order valence-corrected chi connectivity index (χ2v) is 7.33. The van der Waals surface area contributed by atoms with Crippen LogP contribution in [0.15, 0.2) is 77.9 Å². The van der Waals surface area contributed by atoms with E-state index in [9.17, 15) is 19.5 Å². The largest absolute Gasteiger partial charge is 0.507 e. The molecule has 0 aromatic heterocycles. The predicted octanol–water partition coefficient (Wildman–Crippen LogP) is 5.58. The van der Waals surface area contributed by atoms with E-state index in [1.54, 1.807) is 30.4 Å². The van der Waals surface area contributed by atoms with Gasteiger partial charge in [0.2, 0.25) is 0 Å². The molecule has 0 heterocycles. The first kappa shape index (κ1) is 19.1. The Bertz CT molecular complexity index is 1230. The highest BCUT2D eigenvalue weighted by molar-refractivity contribution is 6.40. The fourth-order valence-electron chi connectivity index (χ4n) is 3.28. The molecule has 0 atom stereocenters. The van der Waals surface area contributed by atoms with E-state index in [-0.39, 0.29) is 34.3 Å². The average Bonchev–Trinajstić information content (AvgIpc) is 3.07. The van der Waals surface area contributed by atoms with Crippen molar-refractivity contribution in [2.45, 2.75) is 0 Å². The first-order valence-corrected chi connectivity index (χ1v) is 9.36. The van der Waals surface area contributed by atoms with Gasteiger partial charge < -0.3 is 5.11 Å². The third-order valence-corrected chi connectivity index (χ3v) is 5.16. The normalized spacial score (nSPS) is 17.3. The number of allylic oxidation sites excluding steroid dienone is 7. The Morgan fingerprint density at radius 2 is 1.28 bits per heavy atom. The number of halogens is 2. The van der Waals surface area contributed by atoms with Crippen LogP contribution in [0.25, 0.3) is 5.76 Å². The topological polar surface area (TPSA) is 71.4 Å². The Kier molecular flexibility index (Phi) is 4.82. The Balaban J connectivity index is 1.53. The minimum Gasteiger partial charge on any atom is -0.507 e. The van der Waals surface area contributed by atoms with Crippen LogP contribution in [-0.4, -0.2) is 22.5 Å². The maximum absolute atomic E-state index is 12.4. The molecule has 4 nitrogen and oxygen atoms in total. The van der Waals surface area contributed by atoms with Crippen LogP contribution in [-0.2, 0) is 0 Å². The number of Topliss-reactive ketones (excluding diaryl/α,β-unsaturated/α-hetero) is 3. The summed E-state index contributed by atoms with van der Waals surface area (Å²) in [6.45, 7) is 0. The molecular weight excluding hydrogens is 411 g/mol. The van der Waals surface area contributed by atoms with Gasteiger partial charge in [0.1, 0.15) is 5.76 Å². The molecule has 0 aliphatic heterocycles. The highest BCUT2D eigenvalue weighted by atomic mass is 35.5. The smallest absolute Gasteiger partial charge is 0.197 e. The van der Waals surface area contributed by atoms with Gasteiger partial charge in [-0.2, -0.15) is 0 Å². The van der Waals surface area contributed by atoms with Gasteiger partial charge in [0.05, 0.1) is 11.1 Å². The molecule has 0 fully saturated rings. The SMILES string of the molecule is O=C1C(/C=C/C=C/C=C2/C(=O)c3ccc(Cl)cc3C2=O)=C(O)c2ccc(Cl)cc21. The van der Waals surface area contributed by atoms with Crippen LogP contribution >= 0.6 is 23.2 Å². The number of benzene rings is 2. The Morgan fingerprint density at radius 1 is 0.690 bits per heavy atom. The van der Waals surface area contributed by atoms with Gasteiger partial charge in [0.25, 0.3) is 0 Å². The molecule has 0 bridgehead atoms. The van der Waals surface area contributed by atoms with E-state index in [4.69, 9.17) is 23.2 Å². The molecule has 2 aromatic carbocycles. The van der Waals surface area contributed by atoms with Gasteiger partial charge in [-0.05, 0) is 48.6 Å². The molecule has 0 radical (unpaired) electrons. The lowest BCUT2D eigenvalue weighted by Gasteiger charge is -1.97. The van der Waals surface area contributed by atoms with Crippen LogP contribution in [0, 0.1) is 0 Å². The number of carbonyl (C=O) groups excluding carboxylic acids is 3. The second kappa shape index (κ2) is 7.32. The monoisotopic (exact) mass is 422 g/mol. The number of aliphatic hydroxyl groups excluding tert-OH is 1. The standard InChI is InChI=1S/C23H12Cl2O4/c24-12-6-8-14-18(10-12)22(28)16(20(14)26)4-2-1-3-5-17-21(27)15-9-7-13(25)11-19(15)23(17)29/h1-11,26H/b3-1+,4-2+,17-5-. The Morgan fingerprint density at radius 3 is 1.97 bits per heavy atom. The zero-order valence-corrected chi connectivity index (χ0v) is 16.3. The molecule has 2 aliphatic rings. The fraction of sp³-hybridized carbons (Fsp3) is 0. The van der Waals surface area contributed by atoms with Gasteiger partial charge in [-0.25, -0.2) is 0 Å². The summed E-state index contributed by atoms with van der Waals surface area (Å²) in [7, 11) is 0. The van der Waals surface area contributed by atoms with Crippen molar-refractivity contribution in [1.29, 1.82) is 0 Å². The van der Waals surface area contributed by atoms with E-state index in [0.29, 0.717) is 32.3 Å². The van der Waals surface area contributed by atoms with Crippen molar-refractivity contribution in [3.8, 4) is 0 Å². The maximum Gasteiger partial charge on any atom is 0.197 e. The molecule has 4 rings (SSSR count). The van der Waals surface area contributed by atoms with Crippen molar-refractivity contribution < 1.29 is 19.5 Å². The Hall–Kier alpha value is -3.21. The van der Waals surface area contributed by atoms with E-state index in [2.05, 4.69) is 0 Å². The van der Waals surface area contributed by atoms with Gasteiger partial charge in [0.15, 0.2) is 17.3 Å². The zero-order chi connectivity index (χ0) is 20.7. The van der Waals surface area contributed by atoms with Crippen molar-refractivity contribution in [2.24, 2.45) is 0 Å². The molecule has 142 valence electrons. The van der Waals surface area contributed by atoms with E-state index < -0.39 is 0 Å². The molecule has 0 saturated heterocycles. The number of fused-ring (bicyclic) bond motifs is 2. The minimum atomic E-state index is -0.375. The summed E-state index contributed by atoms with van der Waals surface area (Å²) in [5.41, 5.74) is 1.60. The zero-order valence-electron chi connectivity index (χ0n) is 14.8. The number of ketones is 3. The molecule has 0 amide bonds. The van der Waals surface area contributed by atoms with Crippen LogP contribution in [0.1, 0.15) is 36.6 Å². The molecule has 0 saturated carbocycles. The van der Waals surface area contributed by atoms with Crippen LogP contribution in [0.2, 0.25) is 10.0 Å². The number of hydrogen-bond donors (Lipinski definition) is 1. The molecule has 2 aliphatic carbocycles. The van der Waals surface area contributed by atoms with Crippen LogP contribution < -0.4 is 0 Å². The number of carbonyl (C=O) groups is 3. The second-order valence-electron chi connectivity index (χ2n) is 6.45. The lowest BCUT2D eigenvalue weighted by Crippen LogP contribution is -1.99. The molecule has 1 N–H and O–H groups in total. The van der Waals surface area contributed by atoms with Crippen molar-refractivity contribution >= 4 is 46.3 Å². The lowest BCUT2D eigenvalue weighted by molar-refractivity contribution is 0.0986. The van der Waals surface area contributed by atoms with Gasteiger partial charge in [-0.3, -0.25) is 14.4 Å². The van der Waals surface area contributed by atoms with Crippen molar-refractivity contribution in [3.63, 3.8) is 0 Å². The first-order valence-electron chi connectivity index (χ1n) is 8.60. The van der Waals surface area contributed by atoms with E-state index in [0.717, 1.165) is 0 Å². The van der Waals surface area contributed by atoms with Crippen molar-refractivity contribution in [2.75, 3.05) is 0 Å². The highest BCUT2D eigenvalue weighted by Gasteiger charge is 2.32. The van der Waals surface area contributed by atoms with Crippen molar-refractivity contribution in [1.82, 2.24) is 0 Å². The van der Waals surface area contributed by atoms with Gasteiger partial charge >= 0.3 is 0 Å². The fourth-order valence-corrected chi connectivity index (χ4v) is 3.62. The predicted molar refractivity (Wildman–Crippen MR) is 112 cm³/mol. The van der Waals surface area contributed by atoms with Gasteiger partial charge in [0, 0.05) is 32.3 Å². The molecule has 6 heteroatoms. The number of rotatable bonds is 3. The maximum atomic E-state index is 12.4. The molecule has 29 heavy (non-hydrogen) atoms. The van der Waals surface area contributed by atoms with E-state index in [1.807, 2.05) is 0 Å². The summed E-state index contributed by atoms with van der Waals surface area (Å²) < 4.78 is 0. The minimum absolute atomic E-state index is 0.0490. The quantitative estimate of drug-likeness (QED) is 0.398. The molecule has 0 unspecified atom stereocenters. The molecular formula is C23H12Cl2O4. The summed E-state index contributed by atoms with van der Waals surface area (Å²) in [6, 6.07) is 9.28. The third-order valence-electron chi connectivity index (χ3n) is 4.69. The summed E-state index contributed by atoms with van der Waals surface area (Å²) in [6.07, 6.45) is 7.51. The summed E-state index contributed by atoms with van der Waals surface area (Å²) in [5, 5.41) is 11.1. The Labute approximate surface area is 176 Å². The van der Waals surface area contributed by atoms with E-state index in [1.165, 1.54) is 36.4 Å². The van der Waals surface area contributed by atoms with Crippen LogP contribution in [0.3, 0.4) is 0 Å². The molecule has 2 aromatic rings. The van der Waals surface area contributed by atoms with Gasteiger partial charge in [-0.15, -0.1) is 0 Å². The summed E-state index contributed by atoms with van der Waals surface area (Å²) >= 11 is 11.8. The third kappa shape index (κ3) is 3.27. The number of hydrogen-bond acceptors (Lipinski definition) is 4. The van der Waals surface area contributed by atoms with Crippen molar-refractivity contribution in [3.05, 3.63) is 110 Å². The lowest BCUT2D eigenvalue weighted by atomic mass is 10.1. The average molecular weight is 423 g/mol.